The van der Waals surface area contributed by atoms with Gasteiger partial charge >= 0.3 is 0 Å². The summed E-state index contributed by atoms with van der Waals surface area (Å²) in [6.07, 6.45) is 3.42. The number of carbonyl (C=O) groups excluding carboxylic acids is 1. The van der Waals surface area contributed by atoms with Crippen LogP contribution in [0.4, 0.5) is 5.69 Å². The molecular formula is C18H25N5O2. The molecule has 3 rings (SSSR count). The number of aromatic nitrogens is 3. The molecule has 1 aliphatic rings. The number of nitrogens with zero attached hydrogens (tertiary/aromatic N) is 4. The van der Waals surface area contributed by atoms with Gasteiger partial charge in [-0.05, 0) is 50.9 Å². The van der Waals surface area contributed by atoms with E-state index in [0.717, 1.165) is 43.0 Å². The Labute approximate surface area is 148 Å². The number of ether oxygens (including phenoxy) is 1. The SMILES string of the molecule is CCn1ncnc1CN1CCC[C@@H]1C(=O)Nc1cc(C)ccc1OC. The number of amides is 1. The topological polar surface area (TPSA) is 72.3 Å². The van der Waals surface area contributed by atoms with Gasteiger partial charge in [-0.1, -0.05) is 6.07 Å². The molecule has 1 atom stereocenters. The van der Waals surface area contributed by atoms with Crippen molar-refractivity contribution >= 4 is 11.6 Å². The quantitative estimate of drug-likeness (QED) is 0.871. The molecule has 25 heavy (non-hydrogen) atoms. The van der Waals surface area contributed by atoms with Crippen molar-refractivity contribution in [2.45, 2.75) is 45.8 Å². The molecule has 1 fully saturated rings. The monoisotopic (exact) mass is 343 g/mol. The lowest BCUT2D eigenvalue weighted by Gasteiger charge is -2.23. The summed E-state index contributed by atoms with van der Waals surface area (Å²) in [4.78, 5) is 19.3. The van der Waals surface area contributed by atoms with Gasteiger partial charge < -0.3 is 10.1 Å². The molecule has 1 aromatic carbocycles. The minimum absolute atomic E-state index is 0.00367. The van der Waals surface area contributed by atoms with Crippen LogP contribution in [0.3, 0.4) is 0 Å². The Bertz CT molecular complexity index is 743. The van der Waals surface area contributed by atoms with Gasteiger partial charge in [0.2, 0.25) is 5.91 Å². The predicted octanol–water partition coefficient (Wildman–Crippen LogP) is 2.22. The van der Waals surface area contributed by atoms with E-state index in [2.05, 4.69) is 20.3 Å². The summed E-state index contributed by atoms with van der Waals surface area (Å²) in [5, 5.41) is 7.24. The van der Waals surface area contributed by atoms with Crippen LogP contribution in [0.25, 0.3) is 0 Å². The van der Waals surface area contributed by atoms with Crippen LogP contribution in [0.15, 0.2) is 24.5 Å². The minimum Gasteiger partial charge on any atom is -0.495 e. The summed E-state index contributed by atoms with van der Waals surface area (Å²) in [5.41, 5.74) is 1.80. The molecular weight excluding hydrogens is 318 g/mol. The molecule has 0 saturated carbocycles. The van der Waals surface area contributed by atoms with Crippen LogP contribution in [0.5, 0.6) is 5.75 Å². The van der Waals surface area contributed by atoms with Gasteiger partial charge in [0.25, 0.3) is 0 Å². The molecule has 0 spiro atoms. The van der Waals surface area contributed by atoms with E-state index < -0.39 is 0 Å². The summed E-state index contributed by atoms with van der Waals surface area (Å²) in [6.45, 7) is 6.34. The van der Waals surface area contributed by atoms with E-state index >= 15 is 0 Å². The van der Waals surface area contributed by atoms with Crippen LogP contribution >= 0.6 is 0 Å². The maximum atomic E-state index is 12.8. The summed E-state index contributed by atoms with van der Waals surface area (Å²) in [6, 6.07) is 5.62. The maximum Gasteiger partial charge on any atom is 0.241 e. The van der Waals surface area contributed by atoms with Crippen LogP contribution in [0, 0.1) is 6.92 Å². The molecule has 7 nitrogen and oxygen atoms in total. The molecule has 0 radical (unpaired) electrons. The fourth-order valence-corrected chi connectivity index (χ4v) is 3.30. The molecule has 1 aliphatic heterocycles. The van der Waals surface area contributed by atoms with Crippen LogP contribution in [0.2, 0.25) is 0 Å². The first-order valence-electron chi connectivity index (χ1n) is 8.68. The smallest absolute Gasteiger partial charge is 0.241 e. The van der Waals surface area contributed by atoms with Gasteiger partial charge in [0.05, 0.1) is 25.4 Å². The van der Waals surface area contributed by atoms with Crippen molar-refractivity contribution < 1.29 is 9.53 Å². The number of nitrogens with one attached hydrogen (secondary N) is 1. The van der Waals surface area contributed by atoms with Crippen LogP contribution in [-0.2, 0) is 17.9 Å². The minimum atomic E-state index is -0.160. The number of hydrogen-bond donors (Lipinski definition) is 1. The molecule has 7 heteroatoms. The zero-order chi connectivity index (χ0) is 17.8. The van der Waals surface area contributed by atoms with Gasteiger partial charge in [0.15, 0.2) is 0 Å². The van der Waals surface area contributed by atoms with Gasteiger partial charge in [0.1, 0.15) is 17.9 Å². The van der Waals surface area contributed by atoms with Gasteiger partial charge in [-0.15, -0.1) is 0 Å². The van der Waals surface area contributed by atoms with E-state index in [-0.39, 0.29) is 11.9 Å². The largest absolute Gasteiger partial charge is 0.495 e. The number of methoxy groups -OCH3 is 1. The second-order valence-electron chi connectivity index (χ2n) is 6.31. The van der Waals surface area contributed by atoms with Gasteiger partial charge in [-0.25, -0.2) is 9.67 Å². The highest BCUT2D eigenvalue weighted by atomic mass is 16.5. The first-order valence-corrected chi connectivity index (χ1v) is 8.68. The van der Waals surface area contributed by atoms with Crippen molar-refractivity contribution in [2.75, 3.05) is 19.0 Å². The zero-order valence-corrected chi connectivity index (χ0v) is 15.0. The van der Waals surface area contributed by atoms with Crippen molar-refractivity contribution in [3.8, 4) is 5.75 Å². The third-order valence-electron chi connectivity index (χ3n) is 4.62. The molecule has 1 saturated heterocycles. The normalized spacial score (nSPS) is 17.6. The van der Waals surface area contributed by atoms with Crippen molar-refractivity contribution in [1.82, 2.24) is 19.7 Å². The zero-order valence-electron chi connectivity index (χ0n) is 15.0. The standard InChI is InChI=1S/C18H25N5O2/c1-4-23-17(19-12-20-23)11-22-9-5-6-15(22)18(24)21-14-10-13(2)7-8-16(14)25-3/h7-8,10,12,15H,4-6,9,11H2,1-3H3,(H,21,24)/t15-/m1/s1. The van der Waals surface area contributed by atoms with E-state index in [1.807, 2.05) is 36.7 Å². The Kier molecular flexibility index (Phi) is 5.33. The van der Waals surface area contributed by atoms with Crippen LogP contribution in [0.1, 0.15) is 31.2 Å². The maximum absolute atomic E-state index is 12.8. The van der Waals surface area contributed by atoms with Gasteiger partial charge in [0, 0.05) is 6.54 Å². The molecule has 2 aromatic rings. The highest BCUT2D eigenvalue weighted by Gasteiger charge is 2.32. The lowest BCUT2D eigenvalue weighted by Crippen LogP contribution is -2.39. The number of likely N-dealkylation sites (tertiary alicyclic amines) is 1. The van der Waals surface area contributed by atoms with E-state index in [9.17, 15) is 4.79 Å². The predicted molar refractivity (Wildman–Crippen MR) is 95.5 cm³/mol. The van der Waals surface area contributed by atoms with E-state index in [1.54, 1.807) is 13.4 Å². The van der Waals surface area contributed by atoms with E-state index in [4.69, 9.17) is 4.74 Å². The molecule has 0 bridgehead atoms. The summed E-state index contributed by atoms with van der Waals surface area (Å²) < 4.78 is 7.23. The Morgan fingerprint density at radius 1 is 1.44 bits per heavy atom. The molecule has 1 amide bonds. The second kappa shape index (κ2) is 7.65. The molecule has 1 N–H and O–H groups in total. The Morgan fingerprint density at radius 2 is 2.28 bits per heavy atom. The average Bonchev–Trinajstić information content (AvgIpc) is 3.24. The Morgan fingerprint density at radius 3 is 3.04 bits per heavy atom. The summed E-state index contributed by atoms with van der Waals surface area (Å²) in [7, 11) is 1.61. The molecule has 0 aliphatic carbocycles. The molecule has 134 valence electrons. The number of aryl methyl sites for hydroxylation is 2. The van der Waals surface area contributed by atoms with Crippen molar-refractivity contribution in [3.63, 3.8) is 0 Å². The van der Waals surface area contributed by atoms with Gasteiger partial charge in [-0.3, -0.25) is 9.69 Å². The van der Waals surface area contributed by atoms with Crippen LogP contribution in [-0.4, -0.2) is 45.3 Å². The molecule has 0 unspecified atom stereocenters. The second-order valence-corrected chi connectivity index (χ2v) is 6.31. The van der Waals surface area contributed by atoms with Crippen LogP contribution < -0.4 is 10.1 Å². The summed E-state index contributed by atoms with van der Waals surface area (Å²) in [5.74, 6) is 1.58. The fraction of sp³-hybridized carbons (Fsp3) is 0.500. The molecule has 1 aromatic heterocycles. The van der Waals surface area contributed by atoms with Crippen molar-refractivity contribution in [2.24, 2.45) is 0 Å². The summed E-state index contributed by atoms with van der Waals surface area (Å²) >= 11 is 0. The Hall–Kier alpha value is -2.41. The fourth-order valence-electron chi connectivity index (χ4n) is 3.30. The highest BCUT2D eigenvalue weighted by Crippen LogP contribution is 2.27. The first kappa shape index (κ1) is 17.4. The lowest BCUT2D eigenvalue weighted by atomic mass is 10.1. The van der Waals surface area contributed by atoms with E-state index in [0.29, 0.717) is 12.3 Å². The molecule has 2 heterocycles. The first-order chi connectivity index (χ1) is 12.1. The highest BCUT2D eigenvalue weighted by molar-refractivity contribution is 5.96. The number of hydrogen-bond acceptors (Lipinski definition) is 5. The third kappa shape index (κ3) is 3.82. The van der Waals surface area contributed by atoms with Crippen molar-refractivity contribution in [3.05, 3.63) is 35.9 Å². The number of carbonyl (C=O) groups is 1. The van der Waals surface area contributed by atoms with Gasteiger partial charge in [-0.2, -0.15) is 5.10 Å². The third-order valence-corrected chi connectivity index (χ3v) is 4.62. The Balaban J connectivity index is 1.72. The van der Waals surface area contributed by atoms with E-state index in [1.165, 1.54) is 0 Å². The number of benzene rings is 1. The van der Waals surface area contributed by atoms with Crippen molar-refractivity contribution in [1.29, 1.82) is 0 Å². The number of rotatable bonds is 6. The lowest BCUT2D eigenvalue weighted by molar-refractivity contribution is -0.120. The number of anilines is 1. The average molecular weight is 343 g/mol.